The molecule has 0 N–H and O–H groups in total. The molecule has 0 spiro atoms. The first-order valence-corrected chi connectivity index (χ1v) is 8.41. The Hall–Kier alpha value is -2.82. The first-order valence-electron chi connectivity index (χ1n) is 8.41. The molecule has 0 saturated carbocycles. The maximum atomic E-state index is 12.9. The first-order chi connectivity index (χ1) is 12.2. The Balaban J connectivity index is 1.86. The lowest BCUT2D eigenvalue weighted by molar-refractivity contribution is 0.0497. The van der Waals surface area contributed by atoms with Gasteiger partial charge in [0, 0.05) is 11.1 Å². The molecule has 0 amide bonds. The van der Waals surface area contributed by atoms with E-state index in [1.165, 1.54) is 0 Å². The third kappa shape index (κ3) is 3.82. The number of ketones is 1. The third-order valence-corrected chi connectivity index (χ3v) is 3.93. The molecule has 0 atom stereocenters. The minimum Gasteiger partial charge on any atom is -0.486 e. The van der Waals surface area contributed by atoms with Gasteiger partial charge in [0.1, 0.15) is 13.2 Å². The van der Waals surface area contributed by atoms with E-state index in [-0.39, 0.29) is 11.3 Å². The molecule has 0 radical (unpaired) electrons. The van der Waals surface area contributed by atoms with Crippen LogP contribution in [0.3, 0.4) is 0 Å². The Morgan fingerprint density at radius 2 is 1.72 bits per heavy atom. The van der Waals surface area contributed by atoms with E-state index in [0.29, 0.717) is 42.4 Å². The maximum Gasteiger partial charge on any atom is 0.338 e. The van der Waals surface area contributed by atoms with Gasteiger partial charge in [-0.3, -0.25) is 4.79 Å². The molecule has 2 aromatic carbocycles. The van der Waals surface area contributed by atoms with Gasteiger partial charge in [-0.25, -0.2) is 4.79 Å². The summed E-state index contributed by atoms with van der Waals surface area (Å²) in [5, 5.41) is 0. The Morgan fingerprint density at radius 1 is 1.00 bits per heavy atom. The number of rotatable bonds is 6. The lowest BCUT2D eigenvalue weighted by atomic mass is 9.98. The van der Waals surface area contributed by atoms with E-state index in [4.69, 9.17) is 14.2 Å². The van der Waals surface area contributed by atoms with Crippen molar-refractivity contribution >= 4 is 11.8 Å². The molecular weight excluding hydrogens is 320 g/mol. The van der Waals surface area contributed by atoms with E-state index in [2.05, 4.69) is 0 Å². The Bertz CT molecular complexity index is 781. The van der Waals surface area contributed by atoms with Crippen LogP contribution in [-0.4, -0.2) is 31.6 Å². The minimum atomic E-state index is -0.477. The number of benzene rings is 2. The molecular formula is C20H20O5. The van der Waals surface area contributed by atoms with Gasteiger partial charge in [-0.15, -0.1) is 0 Å². The summed E-state index contributed by atoms with van der Waals surface area (Å²) in [7, 11) is 0. The average Bonchev–Trinajstić information content (AvgIpc) is 2.67. The van der Waals surface area contributed by atoms with Crippen LogP contribution in [-0.2, 0) is 4.74 Å². The Kier molecular flexibility index (Phi) is 5.33. The van der Waals surface area contributed by atoms with Gasteiger partial charge in [0.15, 0.2) is 17.3 Å². The average molecular weight is 340 g/mol. The molecule has 25 heavy (non-hydrogen) atoms. The van der Waals surface area contributed by atoms with Crippen LogP contribution in [0.1, 0.15) is 46.0 Å². The topological polar surface area (TPSA) is 61.8 Å². The molecule has 0 fully saturated rings. The number of esters is 1. The fraction of sp³-hybridized carbons (Fsp3) is 0.300. The van der Waals surface area contributed by atoms with Gasteiger partial charge in [-0.2, -0.15) is 0 Å². The third-order valence-electron chi connectivity index (χ3n) is 3.93. The molecule has 0 aromatic heterocycles. The summed E-state index contributed by atoms with van der Waals surface area (Å²) < 4.78 is 16.2. The largest absolute Gasteiger partial charge is 0.486 e. The lowest BCUT2D eigenvalue weighted by Gasteiger charge is -2.18. The molecule has 0 unspecified atom stereocenters. The van der Waals surface area contributed by atoms with Gasteiger partial charge >= 0.3 is 5.97 Å². The SMILES string of the molecule is CCCCOC(=O)c1ccccc1C(=O)c1ccc2c(c1)OCCO2. The van der Waals surface area contributed by atoms with Gasteiger partial charge in [-0.1, -0.05) is 31.5 Å². The van der Waals surface area contributed by atoms with Crippen LogP contribution >= 0.6 is 0 Å². The van der Waals surface area contributed by atoms with Crippen LogP contribution in [0.15, 0.2) is 42.5 Å². The summed E-state index contributed by atoms with van der Waals surface area (Å²) in [6.45, 7) is 3.31. The number of unbranched alkanes of at least 4 members (excludes halogenated alkanes) is 1. The fourth-order valence-electron chi connectivity index (χ4n) is 2.59. The van der Waals surface area contributed by atoms with E-state index < -0.39 is 5.97 Å². The van der Waals surface area contributed by atoms with Crippen LogP contribution in [0.2, 0.25) is 0 Å². The number of ether oxygens (including phenoxy) is 3. The van der Waals surface area contributed by atoms with Gasteiger partial charge < -0.3 is 14.2 Å². The molecule has 5 heteroatoms. The highest BCUT2D eigenvalue weighted by molar-refractivity contribution is 6.14. The smallest absolute Gasteiger partial charge is 0.338 e. The van der Waals surface area contributed by atoms with Crippen molar-refractivity contribution in [2.24, 2.45) is 0 Å². The van der Waals surface area contributed by atoms with Crippen molar-refractivity contribution < 1.29 is 23.8 Å². The summed E-state index contributed by atoms with van der Waals surface area (Å²) in [5.74, 6) is 0.435. The van der Waals surface area contributed by atoms with Crippen LogP contribution in [0.5, 0.6) is 11.5 Å². The molecule has 0 saturated heterocycles. The zero-order valence-electron chi connectivity index (χ0n) is 14.1. The van der Waals surface area contributed by atoms with Gasteiger partial charge in [0.05, 0.1) is 12.2 Å². The van der Waals surface area contributed by atoms with Crippen molar-refractivity contribution in [3.8, 4) is 11.5 Å². The molecule has 1 heterocycles. The van der Waals surface area contributed by atoms with E-state index in [1.807, 2.05) is 6.92 Å². The van der Waals surface area contributed by atoms with Crippen molar-refractivity contribution in [1.82, 2.24) is 0 Å². The molecule has 1 aliphatic rings. The van der Waals surface area contributed by atoms with E-state index in [0.717, 1.165) is 12.8 Å². The van der Waals surface area contributed by atoms with Crippen molar-refractivity contribution in [3.63, 3.8) is 0 Å². The fourth-order valence-corrected chi connectivity index (χ4v) is 2.59. The van der Waals surface area contributed by atoms with E-state index in [1.54, 1.807) is 42.5 Å². The van der Waals surface area contributed by atoms with Gasteiger partial charge in [0.25, 0.3) is 0 Å². The van der Waals surface area contributed by atoms with Gasteiger partial charge in [0.2, 0.25) is 0 Å². The molecule has 1 aliphatic heterocycles. The van der Waals surface area contributed by atoms with Crippen LogP contribution < -0.4 is 9.47 Å². The van der Waals surface area contributed by atoms with Crippen LogP contribution in [0.4, 0.5) is 0 Å². The summed E-state index contributed by atoms with van der Waals surface area (Å²) in [6.07, 6.45) is 1.73. The summed E-state index contributed by atoms with van der Waals surface area (Å²) in [4.78, 5) is 25.2. The molecule has 2 aromatic rings. The molecule has 3 rings (SSSR count). The van der Waals surface area contributed by atoms with Crippen molar-refractivity contribution in [2.45, 2.75) is 19.8 Å². The number of fused-ring (bicyclic) bond motifs is 1. The second-order valence-electron chi connectivity index (χ2n) is 5.72. The molecule has 130 valence electrons. The Morgan fingerprint density at radius 3 is 2.48 bits per heavy atom. The van der Waals surface area contributed by atoms with Crippen molar-refractivity contribution in [2.75, 3.05) is 19.8 Å². The predicted octanol–water partition coefficient (Wildman–Crippen LogP) is 3.65. The standard InChI is InChI=1S/C20H20O5/c1-2-3-10-25-20(22)16-7-5-4-6-15(16)19(21)14-8-9-17-18(13-14)24-12-11-23-17/h4-9,13H,2-3,10-12H2,1H3. The summed E-state index contributed by atoms with van der Waals surface area (Å²) in [6, 6.07) is 11.7. The molecule has 0 bridgehead atoms. The zero-order valence-corrected chi connectivity index (χ0v) is 14.1. The van der Waals surface area contributed by atoms with Gasteiger partial charge in [-0.05, 0) is 30.7 Å². The van der Waals surface area contributed by atoms with E-state index >= 15 is 0 Å². The lowest BCUT2D eigenvalue weighted by Crippen LogP contribution is -2.16. The quantitative estimate of drug-likeness (QED) is 0.456. The summed E-state index contributed by atoms with van der Waals surface area (Å²) >= 11 is 0. The zero-order chi connectivity index (χ0) is 17.6. The van der Waals surface area contributed by atoms with Crippen molar-refractivity contribution in [3.05, 3.63) is 59.2 Å². The monoisotopic (exact) mass is 340 g/mol. The second kappa shape index (κ2) is 7.83. The minimum absolute atomic E-state index is 0.250. The number of carbonyl (C=O) groups is 2. The highest BCUT2D eigenvalue weighted by Gasteiger charge is 2.21. The molecule has 5 nitrogen and oxygen atoms in total. The number of hydrogen-bond donors (Lipinski definition) is 0. The van der Waals surface area contributed by atoms with Crippen molar-refractivity contribution in [1.29, 1.82) is 0 Å². The number of hydrogen-bond acceptors (Lipinski definition) is 5. The predicted molar refractivity (Wildman–Crippen MR) is 92.5 cm³/mol. The normalized spacial score (nSPS) is 12.5. The van der Waals surface area contributed by atoms with Crippen LogP contribution in [0.25, 0.3) is 0 Å². The first kappa shape index (κ1) is 17.0. The highest BCUT2D eigenvalue weighted by atomic mass is 16.6. The summed E-state index contributed by atoms with van der Waals surface area (Å²) in [5.41, 5.74) is 1.04. The molecule has 0 aliphatic carbocycles. The number of carbonyl (C=O) groups excluding carboxylic acids is 2. The second-order valence-corrected chi connectivity index (χ2v) is 5.72. The van der Waals surface area contributed by atoms with Crippen LogP contribution in [0, 0.1) is 0 Å². The van der Waals surface area contributed by atoms with E-state index in [9.17, 15) is 9.59 Å². The highest BCUT2D eigenvalue weighted by Crippen LogP contribution is 2.31. The Labute approximate surface area is 146 Å². The maximum absolute atomic E-state index is 12.9.